The van der Waals surface area contributed by atoms with Crippen molar-refractivity contribution in [3.8, 4) is 0 Å². The van der Waals surface area contributed by atoms with Crippen LogP contribution in [0.15, 0.2) is 36.4 Å². The molecule has 4 nitrogen and oxygen atoms in total. The molecule has 1 saturated heterocycles. The molecule has 0 unspecified atom stereocenters. The van der Waals surface area contributed by atoms with Crippen LogP contribution in [-0.4, -0.2) is 37.1 Å². The minimum atomic E-state index is 0.0211. The number of carbonyl (C=O) groups excluding carboxylic acids is 1. The maximum absolute atomic E-state index is 12.7. The van der Waals surface area contributed by atoms with E-state index in [1.807, 2.05) is 41.3 Å². The van der Waals surface area contributed by atoms with Crippen molar-refractivity contribution in [1.29, 1.82) is 0 Å². The van der Waals surface area contributed by atoms with E-state index in [-0.39, 0.29) is 12.0 Å². The van der Waals surface area contributed by atoms with Crippen molar-refractivity contribution in [2.75, 3.05) is 25.9 Å². The minimum absolute atomic E-state index is 0.0211. The Bertz CT molecular complexity index is 661. The van der Waals surface area contributed by atoms with Crippen LogP contribution in [0, 0.1) is 0 Å². The molecule has 0 spiro atoms. The fourth-order valence-electron chi connectivity index (χ4n) is 2.91. The van der Waals surface area contributed by atoms with Crippen molar-refractivity contribution in [2.45, 2.75) is 18.9 Å². The zero-order chi connectivity index (χ0) is 14.8. The first-order chi connectivity index (χ1) is 10.2. The van der Waals surface area contributed by atoms with Crippen LogP contribution in [0.1, 0.15) is 23.2 Å². The largest absolute Gasteiger partial charge is 0.398 e. The first-order valence-corrected chi connectivity index (χ1v) is 7.29. The van der Waals surface area contributed by atoms with Gasteiger partial charge in [-0.3, -0.25) is 4.79 Å². The molecule has 0 aromatic heterocycles. The van der Waals surface area contributed by atoms with Crippen LogP contribution in [0.3, 0.4) is 0 Å². The van der Waals surface area contributed by atoms with E-state index in [9.17, 15) is 4.79 Å². The molecule has 4 heteroatoms. The summed E-state index contributed by atoms with van der Waals surface area (Å²) in [7, 11) is 1.73. The third-order valence-corrected chi connectivity index (χ3v) is 4.21. The third kappa shape index (κ3) is 2.72. The number of piperidine rings is 1. The number of likely N-dealkylation sites (tertiary alicyclic amines) is 1. The maximum atomic E-state index is 12.7. The lowest BCUT2D eigenvalue weighted by Crippen LogP contribution is -2.40. The Labute approximate surface area is 124 Å². The van der Waals surface area contributed by atoms with Gasteiger partial charge in [-0.1, -0.05) is 24.3 Å². The van der Waals surface area contributed by atoms with Gasteiger partial charge in [-0.15, -0.1) is 0 Å². The number of fused-ring (bicyclic) bond motifs is 1. The summed E-state index contributed by atoms with van der Waals surface area (Å²) in [4.78, 5) is 14.5. The number of anilines is 1. The van der Waals surface area contributed by atoms with Gasteiger partial charge in [0.25, 0.3) is 5.91 Å². The lowest BCUT2D eigenvalue weighted by atomic mass is 10.0. The van der Waals surface area contributed by atoms with Crippen molar-refractivity contribution in [2.24, 2.45) is 0 Å². The number of nitrogens with two attached hydrogens (primary N) is 1. The molecule has 1 heterocycles. The SMILES string of the molecule is COC1CCN(C(=O)c2cc3ccccc3cc2N)CC1. The van der Waals surface area contributed by atoms with Gasteiger partial charge in [0.05, 0.1) is 11.7 Å². The van der Waals surface area contributed by atoms with Gasteiger partial charge in [-0.25, -0.2) is 0 Å². The maximum Gasteiger partial charge on any atom is 0.255 e. The zero-order valence-electron chi connectivity index (χ0n) is 12.2. The Hall–Kier alpha value is -2.07. The number of nitrogens with zero attached hydrogens (tertiary/aromatic N) is 1. The van der Waals surface area contributed by atoms with Crippen LogP contribution >= 0.6 is 0 Å². The fourth-order valence-corrected chi connectivity index (χ4v) is 2.91. The molecule has 0 radical (unpaired) electrons. The predicted octanol–water partition coefficient (Wildman–Crippen LogP) is 2.67. The van der Waals surface area contributed by atoms with Gasteiger partial charge in [0.1, 0.15) is 0 Å². The number of hydrogen-bond donors (Lipinski definition) is 1. The number of hydrogen-bond acceptors (Lipinski definition) is 3. The van der Waals surface area contributed by atoms with Crippen molar-refractivity contribution >= 4 is 22.4 Å². The van der Waals surface area contributed by atoms with E-state index < -0.39 is 0 Å². The first-order valence-electron chi connectivity index (χ1n) is 7.29. The highest BCUT2D eigenvalue weighted by atomic mass is 16.5. The monoisotopic (exact) mass is 284 g/mol. The number of ether oxygens (including phenoxy) is 1. The molecule has 110 valence electrons. The number of rotatable bonds is 2. The molecule has 2 N–H and O–H groups in total. The second-order valence-electron chi connectivity index (χ2n) is 5.51. The minimum Gasteiger partial charge on any atom is -0.398 e. The molecule has 0 saturated carbocycles. The second kappa shape index (κ2) is 5.74. The van der Waals surface area contributed by atoms with E-state index in [0.29, 0.717) is 11.3 Å². The van der Waals surface area contributed by atoms with E-state index in [1.54, 1.807) is 7.11 Å². The number of benzene rings is 2. The van der Waals surface area contributed by atoms with Gasteiger partial charge in [-0.05, 0) is 35.7 Å². The first kappa shape index (κ1) is 13.9. The molecule has 0 bridgehead atoms. The average Bonchev–Trinajstić information content (AvgIpc) is 2.53. The summed E-state index contributed by atoms with van der Waals surface area (Å²) in [5.41, 5.74) is 7.23. The van der Waals surface area contributed by atoms with Gasteiger partial charge >= 0.3 is 0 Å². The van der Waals surface area contributed by atoms with Crippen LogP contribution in [0.2, 0.25) is 0 Å². The second-order valence-corrected chi connectivity index (χ2v) is 5.51. The highest BCUT2D eigenvalue weighted by Crippen LogP contribution is 2.24. The van der Waals surface area contributed by atoms with Crippen LogP contribution < -0.4 is 5.73 Å². The Morgan fingerprint density at radius 3 is 2.43 bits per heavy atom. The molecule has 1 amide bonds. The summed E-state index contributed by atoms with van der Waals surface area (Å²) in [6, 6.07) is 11.7. The number of methoxy groups -OCH3 is 1. The molecule has 3 rings (SSSR count). The highest BCUT2D eigenvalue weighted by molar-refractivity contribution is 6.03. The summed E-state index contributed by atoms with van der Waals surface area (Å²) < 4.78 is 5.34. The molecule has 1 aliphatic rings. The average molecular weight is 284 g/mol. The molecule has 0 atom stereocenters. The Morgan fingerprint density at radius 2 is 1.81 bits per heavy atom. The van der Waals surface area contributed by atoms with Crippen molar-refractivity contribution in [3.05, 3.63) is 42.0 Å². The Balaban J connectivity index is 1.86. The standard InChI is InChI=1S/C17H20N2O2/c1-21-14-6-8-19(9-7-14)17(20)15-10-12-4-2-3-5-13(12)11-16(15)18/h2-5,10-11,14H,6-9,18H2,1H3. The predicted molar refractivity (Wildman–Crippen MR) is 84.3 cm³/mol. The molecule has 2 aromatic rings. The van der Waals surface area contributed by atoms with Crippen LogP contribution in [0.25, 0.3) is 10.8 Å². The van der Waals surface area contributed by atoms with Crippen molar-refractivity contribution < 1.29 is 9.53 Å². The summed E-state index contributed by atoms with van der Waals surface area (Å²) in [6.45, 7) is 1.45. The van der Waals surface area contributed by atoms with E-state index in [2.05, 4.69) is 0 Å². The van der Waals surface area contributed by atoms with E-state index in [0.717, 1.165) is 36.7 Å². The lowest BCUT2D eigenvalue weighted by Gasteiger charge is -2.31. The Morgan fingerprint density at radius 1 is 1.19 bits per heavy atom. The van der Waals surface area contributed by atoms with Gasteiger partial charge in [-0.2, -0.15) is 0 Å². The molecular weight excluding hydrogens is 264 g/mol. The normalized spacial score (nSPS) is 16.3. The van der Waals surface area contributed by atoms with Crippen molar-refractivity contribution in [1.82, 2.24) is 4.90 Å². The number of carbonyl (C=O) groups is 1. The molecule has 1 fully saturated rings. The number of nitrogen functional groups attached to an aromatic ring is 1. The van der Waals surface area contributed by atoms with Gasteiger partial charge < -0.3 is 15.4 Å². The highest BCUT2D eigenvalue weighted by Gasteiger charge is 2.24. The van der Waals surface area contributed by atoms with Crippen LogP contribution in [0.5, 0.6) is 0 Å². The quantitative estimate of drug-likeness (QED) is 0.863. The van der Waals surface area contributed by atoms with E-state index >= 15 is 0 Å². The fraction of sp³-hybridized carbons (Fsp3) is 0.353. The van der Waals surface area contributed by atoms with Gasteiger partial charge in [0.15, 0.2) is 0 Å². The lowest BCUT2D eigenvalue weighted by molar-refractivity contribution is 0.0351. The van der Waals surface area contributed by atoms with Crippen molar-refractivity contribution in [3.63, 3.8) is 0 Å². The molecule has 1 aliphatic heterocycles. The van der Waals surface area contributed by atoms with Crippen LogP contribution in [-0.2, 0) is 4.74 Å². The third-order valence-electron chi connectivity index (χ3n) is 4.21. The Kier molecular flexibility index (Phi) is 3.80. The molecular formula is C17H20N2O2. The zero-order valence-corrected chi connectivity index (χ0v) is 12.2. The van der Waals surface area contributed by atoms with Gasteiger partial charge in [0.2, 0.25) is 0 Å². The summed E-state index contributed by atoms with van der Waals surface area (Å²) in [5.74, 6) is 0.0211. The van der Waals surface area contributed by atoms with Crippen LogP contribution in [0.4, 0.5) is 5.69 Å². The summed E-state index contributed by atoms with van der Waals surface area (Å²) >= 11 is 0. The summed E-state index contributed by atoms with van der Waals surface area (Å²) in [6.07, 6.45) is 2.04. The summed E-state index contributed by atoms with van der Waals surface area (Å²) in [5, 5.41) is 2.10. The topological polar surface area (TPSA) is 55.6 Å². The smallest absolute Gasteiger partial charge is 0.255 e. The molecule has 21 heavy (non-hydrogen) atoms. The molecule has 2 aromatic carbocycles. The van der Waals surface area contributed by atoms with E-state index in [4.69, 9.17) is 10.5 Å². The van der Waals surface area contributed by atoms with E-state index in [1.165, 1.54) is 0 Å². The van der Waals surface area contributed by atoms with Gasteiger partial charge in [0, 0.05) is 25.9 Å². The number of amides is 1. The molecule has 0 aliphatic carbocycles.